The summed E-state index contributed by atoms with van der Waals surface area (Å²) < 4.78 is 7.74. The molecule has 1 saturated heterocycles. The zero-order chi connectivity index (χ0) is 34.0. The van der Waals surface area contributed by atoms with Gasteiger partial charge in [0.2, 0.25) is 5.91 Å². The van der Waals surface area contributed by atoms with Crippen LogP contribution in [0.5, 0.6) is 5.75 Å². The summed E-state index contributed by atoms with van der Waals surface area (Å²) in [5.41, 5.74) is 6.68. The van der Waals surface area contributed by atoms with Gasteiger partial charge in [-0.3, -0.25) is 9.78 Å². The van der Waals surface area contributed by atoms with Crippen LogP contribution in [0.15, 0.2) is 67.0 Å². The Balaban J connectivity index is 1.25. The highest BCUT2D eigenvalue weighted by Crippen LogP contribution is 2.42. The van der Waals surface area contributed by atoms with Crippen LogP contribution in [0.2, 0.25) is 10.0 Å². The number of rotatable bonds is 12. The molecule has 0 bridgehead atoms. The summed E-state index contributed by atoms with van der Waals surface area (Å²) in [7, 11) is 3.62. The molecule has 6 rings (SSSR count). The lowest BCUT2D eigenvalue weighted by Gasteiger charge is -2.17. The van der Waals surface area contributed by atoms with E-state index in [1.165, 1.54) is 0 Å². The maximum atomic E-state index is 11.5. The van der Waals surface area contributed by atoms with E-state index in [4.69, 9.17) is 32.9 Å². The number of benzene rings is 2. The second-order valence-corrected chi connectivity index (χ2v) is 13.7. The molecule has 1 amide bonds. The Bertz CT molecular complexity index is 1970. The van der Waals surface area contributed by atoms with Gasteiger partial charge in [0, 0.05) is 91.3 Å². The van der Waals surface area contributed by atoms with Crippen LogP contribution in [0.3, 0.4) is 0 Å². The van der Waals surface area contributed by atoms with Crippen molar-refractivity contribution in [1.29, 1.82) is 0 Å². The molecule has 250 valence electrons. The predicted molar refractivity (Wildman–Crippen MR) is 192 cm³/mol. The Labute approximate surface area is 290 Å². The Hall–Kier alpha value is -3.99. The molecular formula is C37H40Cl2N6O3. The van der Waals surface area contributed by atoms with Gasteiger partial charge in [-0.2, -0.15) is 0 Å². The van der Waals surface area contributed by atoms with Gasteiger partial charge in [-0.25, -0.2) is 4.98 Å². The number of methoxy groups -OCH3 is 1. The first-order chi connectivity index (χ1) is 23.0. The molecule has 9 nitrogen and oxygen atoms in total. The number of aliphatic hydroxyl groups is 1. The molecule has 5 aromatic rings. The lowest BCUT2D eigenvalue weighted by Crippen LogP contribution is -2.35. The van der Waals surface area contributed by atoms with Crippen LogP contribution in [-0.2, 0) is 24.9 Å². The van der Waals surface area contributed by atoms with E-state index in [0.29, 0.717) is 48.3 Å². The Morgan fingerprint density at radius 1 is 1.02 bits per heavy atom. The largest absolute Gasteiger partial charge is 0.496 e. The number of carbonyl (C=O) groups is 1. The molecule has 1 fully saturated rings. The van der Waals surface area contributed by atoms with Crippen molar-refractivity contribution in [3.63, 3.8) is 0 Å². The molecule has 0 radical (unpaired) electrons. The summed E-state index contributed by atoms with van der Waals surface area (Å²) in [6, 6.07) is 17.9. The number of ether oxygens (including phenoxy) is 1. The summed E-state index contributed by atoms with van der Waals surface area (Å²) in [4.78, 5) is 21.1. The maximum absolute atomic E-state index is 11.5. The molecule has 1 aliphatic heterocycles. The molecule has 1 aliphatic rings. The summed E-state index contributed by atoms with van der Waals surface area (Å²) in [5, 5.41) is 21.9. The molecule has 4 N–H and O–H groups in total. The lowest BCUT2D eigenvalue weighted by atomic mass is 9.99. The number of hydrogen-bond acceptors (Lipinski definition) is 7. The smallest absolute Gasteiger partial charge is 0.220 e. The summed E-state index contributed by atoms with van der Waals surface area (Å²) >= 11 is 14.2. The molecule has 48 heavy (non-hydrogen) atoms. The quantitative estimate of drug-likeness (QED) is 0.118. The number of pyridine rings is 2. The minimum absolute atomic E-state index is 0.108. The predicted octanol–water partition coefficient (Wildman–Crippen LogP) is 6.51. The molecule has 3 aromatic heterocycles. The zero-order valence-electron chi connectivity index (χ0n) is 27.5. The first kappa shape index (κ1) is 33.9. The summed E-state index contributed by atoms with van der Waals surface area (Å²) in [5.74, 6) is 0.827. The van der Waals surface area contributed by atoms with E-state index in [0.717, 1.165) is 62.3 Å². The number of nitrogens with one attached hydrogen (secondary N) is 3. The van der Waals surface area contributed by atoms with E-state index in [1.54, 1.807) is 27.2 Å². The van der Waals surface area contributed by atoms with Crippen LogP contribution in [0.1, 0.15) is 37.8 Å². The number of aromatic nitrogens is 3. The van der Waals surface area contributed by atoms with Crippen molar-refractivity contribution in [2.24, 2.45) is 7.05 Å². The van der Waals surface area contributed by atoms with Gasteiger partial charge in [-0.05, 0) is 50.1 Å². The van der Waals surface area contributed by atoms with E-state index in [-0.39, 0.29) is 11.9 Å². The second-order valence-electron chi connectivity index (χ2n) is 12.9. The number of amides is 1. The fourth-order valence-corrected chi connectivity index (χ4v) is 6.81. The van der Waals surface area contributed by atoms with Crippen LogP contribution in [0.25, 0.3) is 44.7 Å². The summed E-state index contributed by atoms with van der Waals surface area (Å²) in [6.45, 7) is 5.96. The fraction of sp³-hybridized carbons (Fsp3) is 0.324. The molecule has 0 unspecified atom stereocenters. The van der Waals surface area contributed by atoms with Gasteiger partial charge < -0.3 is 30.4 Å². The number of aryl methyl sites for hydroxylation is 1. The summed E-state index contributed by atoms with van der Waals surface area (Å²) in [6.07, 6.45) is 5.22. The van der Waals surface area contributed by atoms with E-state index >= 15 is 0 Å². The van der Waals surface area contributed by atoms with Gasteiger partial charge >= 0.3 is 0 Å². The molecule has 0 spiro atoms. The van der Waals surface area contributed by atoms with Gasteiger partial charge in [0.25, 0.3) is 0 Å². The van der Waals surface area contributed by atoms with E-state index in [9.17, 15) is 9.90 Å². The van der Waals surface area contributed by atoms with Crippen molar-refractivity contribution in [3.8, 4) is 39.4 Å². The topological polar surface area (TPSA) is 113 Å². The number of halogens is 2. The molecule has 0 saturated carbocycles. The van der Waals surface area contributed by atoms with Crippen molar-refractivity contribution in [2.75, 3.05) is 20.2 Å². The highest BCUT2D eigenvalue weighted by Gasteiger charge is 2.21. The molecule has 2 aromatic carbocycles. The highest BCUT2D eigenvalue weighted by atomic mass is 35.5. The van der Waals surface area contributed by atoms with Crippen LogP contribution in [0, 0.1) is 0 Å². The molecule has 11 heteroatoms. The molecule has 0 aliphatic carbocycles. The van der Waals surface area contributed by atoms with Gasteiger partial charge in [-0.15, -0.1) is 0 Å². The van der Waals surface area contributed by atoms with Crippen molar-refractivity contribution in [1.82, 2.24) is 30.5 Å². The van der Waals surface area contributed by atoms with E-state index in [2.05, 4.69) is 33.2 Å². The average molecular weight is 688 g/mol. The monoisotopic (exact) mass is 686 g/mol. The van der Waals surface area contributed by atoms with E-state index in [1.807, 2.05) is 60.1 Å². The van der Waals surface area contributed by atoms with Crippen LogP contribution in [-0.4, -0.2) is 57.4 Å². The van der Waals surface area contributed by atoms with Gasteiger partial charge in [0.1, 0.15) is 11.4 Å². The SMILES string of the molecule is COc1cc(-c2nccc(-c3cccc(-c4ccc5c(CNCC(C)(C)O)cn(C)c5n4)c3Cl)c2Cl)ccc1CNC[C@@H]1CCC(=O)N1. The number of nitrogens with zero attached hydrogens (tertiary/aromatic N) is 3. The van der Waals surface area contributed by atoms with Gasteiger partial charge in [-0.1, -0.05) is 53.5 Å². The minimum atomic E-state index is -0.789. The highest BCUT2D eigenvalue weighted by molar-refractivity contribution is 6.39. The van der Waals surface area contributed by atoms with Crippen LogP contribution < -0.4 is 20.7 Å². The van der Waals surface area contributed by atoms with Crippen molar-refractivity contribution < 1.29 is 14.6 Å². The third-order valence-corrected chi connectivity index (χ3v) is 9.37. The average Bonchev–Trinajstić information content (AvgIpc) is 3.62. The molecule has 4 heterocycles. The third kappa shape index (κ3) is 7.36. The lowest BCUT2D eigenvalue weighted by molar-refractivity contribution is -0.119. The van der Waals surface area contributed by atoms with Gasteiger partial charge in [0.15, 0.2) is 0 Å². The van der Waals surface area contributed by atoms with Crippen LogP contribution >= 0.6 is 23.2 Å². The Kier molecular flexibility index (Phi) is 10.1. The second kappa shape index (κ2) is 14.2. The van der Waals surface area contributed by atoms with Gasteiger partial charge in [0.05, 0.1) is 34.1 Å². The Morgan fingerprint density at radius 3 is 2.54 bits per heavy atom. The normalized spacial score (nSPS) is 14.9. The number of hydrogen-bond donors (Lipinski definition) is 4. The third-order valence-electron chi connectivity index (χ3n) is 8.58. The minimum Gasteiger partial charge on any atom is -0.496 e. The zero-order valence-corrected chi connectivity index (χ0v) is 29.0. The Morgan fingerprint density at radius 2 is 1.79 bits per heavy atom. The maximum Gasteiger partial charge on any atom is 0.220 e. The number of carbonyl (C=O) groups excluding carboxylic acids is 1. The molecular weight excluding hydrogens is 647 g/mol. The first-order valence-corrected chi connectivity index (χ1v) is 16.8. The van der Waals surface area contributed by atoms with Crippen molar-refractivity contribution in [2.45, 2.75) is 51.4 Å². The standard InChI is InChI=1S/C37H40Cl2N6O3/c1-37(2,47)21-41-18-24-20-45(3)36-26(24)11-12-30(44-36)29-7-5-6-27(33(29)38)28-14-15-42-35(34(28)39)22-8-9-23(31(16-22)48-4)17-40-19-25-10-13-32(46)43-25/h5-9,11-12,14-16,20,25,40-41,47H,10,13,17-19,21H2,1-4H3,(H,43,46)/t25-/m0/s1. The van der Waals surface area contributed by atoms with Crippen molar-refractivity contribution in [3.05, 3.63) is 88.2 Å². The van der Waals surface area contributed by atoms with Crippen LogP contribution in [0.4, 0.5) is 0 Å². The number of fused-ring (bicyclic) bond motifs is 1. The molecule has 1 atom stereocenters. The van der Waals surface area contributed by atoms with Crippen molar-refractivity contribution >= 4 is 40.1 Å². The first-order valence-electron chi connectivity index (χ1n) is 16.0. The fourth-order valence-electron chi connectivity index (χ4n) is 6.17. The van der Waals surface area contributed by atoms with E-state index < -0.39 is 5.60 Å².